The van der Waals surface area contributed by atoms with E-state index in [0.29, 0.717) is 19.3 Å². The third-order valence-electron chi connectivity index (χ3n) is 6.96. The number of rotatable bonds is 9. The van der Waals surface area contributed by atoms with Crippen molar-refractivity contribution >= 4 is 15.7 Å². The topological polar surface area (TPSA) is 114 Å². The third kappa shape index (κ3) is 7.32. The molecule has 1 N–H and O–H groups in total. The first kappa shape index (κ1) is 30.5. The number of halogens is 3. The third-order valence-corrected chi connectivity index (χ3v) is 8.64. The Kier molecular flexibility index (Phi) is 9.05. The Morgan fingerprint density at radius 1 is 1.31 bits per heavy atom. The molecule has 1 heterocycles. The monoisotopic (exact) mass is 568 g/mol. The van der Waals surface area contributed by atoms with Gasteiger partial charge in [-0.1, -0.05) is 33.8 Å². The summed E-state index contributed by atoms with van der Waals surface area (Å²) in [5.74, 6) is -2.01. The van der Waals surface area contributed by atoms with Crippen molar-refractivity contribution in [1.82, 2.24) is 14.9 Å². The largest absolute Gasteiger partial charge is 0.433 e. The van der Waals surface area contributed by atoms with Gasteiger partial charge in [-0.15, -0.1) is 0 Å². The van der Waals surface area contributed by atoms with Gasteiger partial charge in [-0.2, -0.15) is 18.4 Å². The molecule has 214 valence electrons. The molecule has 0 spiro atoms. The van der Waals surface area contributed by atoms with E-state index in [-0.39, 0.29) is 48.5 Å². The summed E-state index contributed by atoms with van der Waals surface area (Å²) < 4.78 is 71.7. The molecule has 2 aromatic rings. The highest BCUT2D eigenvalue weighted by Crippen LogP contribution is 2.38. The average molecular weight is 569 g/mol. The van der Waals surface area contributed by atoms with Crippen molar-refractivity contribution in [3.8, 4) is 17.5 Å². The molecule has 0 saturated heterocycles. The molecule has 0 aliphatic heterocycles. The SMILES string of the molecule is CCc1nc(C(=O)NCC2(C#N)CCC(S(C)(=O)=O)CC2)c(F)n1-c1ccc(CC(C)(C)C)cc1OC(F)F. The van der Waals surface area contributed by atoms with Gasteiger partial charge in [0.05, 0.1) is 22.4 Å². The summed E-state index contributed by atoms with van der Waals surface area (Å²) in [5, 5.41) is 11.8. The number of ether oxygens (including phenoxy) is 1. The maximum atomic E-state index is 15.7. The van der Waals surface area contributed by atoms with Gasteiger partial charge >= 0.3 is 6.61 Å². The molecule has 8 nitrogen and oxygen atoms in total. The number of hydrogen-bond donors (Lipinski definition) is 1. The number of aryl methyl sites for hydroxylation is 1. The number of nitrogens with one attached hydrogen (secondary N) is 1. The van der Waals surface area contributed by atoms with E-state index in [2.05, 4.69) is 16.4 Å². The summed E-state index contributed by atoms with van der Waals surface area (Å²) in [6.45, 7) is 4.43. The summed E-state index contributed by atoms with van der Waals surface area (Å²) >= 11 is 0. The highest BCUT2D eigenvalue weighted by molar-refractivity contribution is 7.91. The molecular formula is C27H35F3N4O4S. The van der Waals surface area contributed by atoms with Gasteiger partial charge in [0.1, 0.15) is 15.7 Å². The molecule has 1 aromatic carbocycles. The van der Waals surface area contributed by atoms with Crippen LogP contribution in [0.4, 0.5) is 13.2 Å². The number of carbonyl (C=O) groups excluding carboxylic acids is 1. The summed E-state index contributed by atoms with van der Waals surface area (Å²) in [4.78, 5) is 17.1. The van der Waals surface area contributed by atoms with Crippen molar-refractivity contribution in [2.75, 3.05) is 12.8 Å². The number of imidazole rings is 1. The fourth-order valence-electron chi connectivity index (χ4n) is 4.96. The first-order valence-electron chi connectivity index (χ1n) is 12.8. The number of benzene rings is 1. The lowest BCUT2D eigenvalue weighted by Crippen LogP contribution is -2.41. The number of amides is 1. The van der Waals surface area contributed by atoms with Gasteiger partial charge in [-0.25, -0.2) is 13.4 Å². The Hall–Kier alpha value is -3.07. The van der Waals surface area contributed by atoms with Crippen LogP contribution in [-0.4, -0.2) is 48.5 Å². The van der Waals surface area contributed by atoms with Crippen LogP contribution in [0.1, 0.15) is 75.3 Å². The van der Waals surface area contributed by atoms with Crippen LogP contribution in [0.25, 0.3) is 5.69 Å². The Morgan fingerprint density at radius 2 is 1.95 bits per heavy atom. The van der Waals surface area contributed by atoms with Crippen LogP contribution >= 0.6 is 0 Å². The number of hydrogen-bond acceptors (Lipinski definition) is 6. The smallest absolute Gasteiger partial charge is 0.387 e. The predicted octanol–water partition coefficient (Wildman–Crippen LogP) is 4.99. The molecule has 0 bridgehead atoms. The number of nitrogens with zero attached hydrogens (tertiary/aromatic N) is 3. The summed E-state index contributed by atoms with van der Waals surface area (Å²) in [6.07, 6.45) is 3.06. The van der Waals surface area contributed by atoms with Crippen LogP contribution in [0.5, 0.6) is 5.75 Å². The van der Waals surface area contributed by atoms with E-state index >= 15 is 4.39 Å². The Balaban J connectivity index is 1.89. The van der Waals surface area contributed by atoms with E-state index in [9.17, 15) is 27.3 Å². The molecule has 1 aromatic heterocycles. The zero-order valence-corrected chi connectivity index (χ0v) is 23.7. The van der Waals surface area contributed by atoms with Crippen LogP contribution in [0.15, 0.2) is 18.2 Å². The second-order valence-electron chi connectivity index (χ2n) is 11.4. The highest BCUT2D eigenvalue weighted by atomic mass is 32.2. The Morgan fingerprint density at radius 3 is 2.46 bits per heavy atom. The lowest BCUT2D eigenvalue weighted by atomic mass is 9.75. The van der Waals surface area contributed by atoms with Gasteiger partial charge in [0.25, 0.3) is 5.91 Å². The molecule has 1 aliphatic rings. The first-order valence-corrected chi connectivity index (χ1v) is 14.8. The quantitative estimate of drug-likeness (QED) is 0.456. The van der Waals surface area contributed by atoms with E-state index in [1.54, 1.807) is 13.0 Å². The summed E-state index contributed by atoms with van der Waals surface area (Å²) in [7, 11) is -3.23. The molecule has 0 unspecified atom stereocenters. The number of alkyl halides is 2. The van der Waals surface area contributed by atoms with Gasteiger partial charge in [0, 0.05) is 19.2 Å². The molecule has 39 heavy (non-hydrogen) atoms. The van der Waals surface area contributed by atoms with Crippen molar-refractivity contribution < 1.29 is 31.1 Å². The van der Waals surface area contributed by atoms with Gasteiger partial charge in [0.15, 0.2) is 11.4 Å². The molecule has 1 amide bonds. The lowest BCUT2D eigenvalue weighted by molar-refractivity contribution is -0.0499. The van der Waals surface area contributed by atoms with E-state index in [4.69, 9.17) is 4.74 Å². The molecule has 0 radical (unpaired) electrons. The fraction of sp³-hybridized carbons (Fsp3) is 0.593. The lowest BCUT2D eigenvalue weighted by Gasteiger charge is -2.34. The van der Waals surface area contributed by atoms with Gasteiger partial charge < -0.3 is 10.1 Å². The second-order valence-corrected chi connectivity index (χ2v) is 13.7. The molecule has 0 atom stereocenters. The molecular weight excluding hydrogens is 533 g/mol. The highest BCUT2D eigenvalue weighted by Gasteiger charge is 2.39. The summed E-state index contributed by atoms with van der Waals surface area (Å²) in [6, 6.07) is 6.80. The molecule has 1 aliphatic carbocycles. The molecule has 1 fully saturated rings. The maximum Gasteiger partial charge on any atom is 0.387 e. The number of aromatic nitrogens is 2. The predicted molar refractivity (Wildman–Crippen MR) is 140 cm³/mol. The Labute approximate surface area is 227 Å². The number of sulfone groups is 1. The number of nitriles is 1. The van der Waals surface area contributed by atoms with Gasteiger partial charge in [0.2, 0.25) is 5.95 Å². The second kappa shape index (κ2) is 11.6. The zero-order chi connectivity index (χ0) is 29.2. The van der Waals surface area contributed by atoms with Crippen molar-refractivity contribution in [1.29, 1.82) is 5.26 Å². The van der Waals surface area contributed by atoms with Crippen LogP contribution < -0.4 is 10.1 Å². The van der Waals surface area contributed by atoms with Crippen molar-refractivity contribution in [2.24, 2.45) is 10.8 Å². The van der Waals surface area contributed by atoms with Crippen LogP contribution in [0, 0.1) is 28.1 Å². The molecule has 12 heteroatoms. The minimum Gasteiger partial charge on any atom is -0.433 e. The average Bonchev–Trinajstić information content (AvgIpc) is 3.17. The van der Waals surface area contributed by atoms with E-state index in [1.165, 1.54) is 18.4 Å². The minimum atomic E-state index is -3.23. The minimum absolute atomic E-state index is 0.0125. The van der Waals surface area contributed by atoms with E-state index in [1.807, 2.05) is 20.8 Å². The van der Waals surface area contributed by atoms with Gasteiger partial charge in [-0.05, 0) is 55.2 Å². The Bertz CT molecular complexity index is 1350. The van der Waals surface area contributed by atoms with Crippen molar-refractivity contribution in [2.45, 2.75) is 78.1 Å². The fourth-order valence-corrected chi connectivity index (χ4v) is 6.05. The number of carbonyl (C=O) groups is 1. The maximum absolute atomic E-state index is 15.7. The van der Waals surface area contributed by atoms with Crippen molar-refractivity contribution in [3.05, 3.63) is 41.2 Å². The van der Waals surface area contributed by atoms with Gasteiger partial charge in [-0.3, -0.25) is 9.36 Å². The molecule has 3 rings (SSSR count). The van der Waals surface area contributed by atoms with E-state index in [0.717, 1.165) is 10.1 Å². The summed E-state index contributed by atoms with van der Waals surface area (Å²) in [5.41, 5.74) is -0.932. The van der Waals surface area contributed by atoms with Crippen LogP contribution in [0.2, 0.25) is 0 Å². The van der Waals surface area contributed by atoms with Crippen LogP contribution in [-0.2, 0) is 22.7 Å². The normalized spacial score (nSPS) is 20.1. The van der Waals surface area contributed by atoms with Crippen molar-refractivity contribution in [3.63, 3.8) is 0 Å². The van der Waals surface area contributed by atoms with Crippen LogP contribution in [0.3, 0.4) is 0 Å². The standard InChI is InChI=1S/C27H35F3N4O4S/c1-6-21-33-22(24(35)32-16-27(15-31)11-9-18(10-12-27)39(5,36)37)23(28)34(21)19-8-7-17(14-26(2,3)4)13-20(19)38-25(29)30/h7-8,13,18,25H,6,9-12,14,16H2,1-5H3,(H,32,35). The zero-order valence-electron chi connectivity index (χ0n) is 22.9. The first-order chi connectivity index (χ1) is 18.1. The molecule has 1 saturated carbocycles. The van der Waals surface area contributed by atoms with E-state index < -0.39 is 44.7 Å².